The Labute approximate surface area is 188 Å². The molecule has 0 N–H and O–H groups in total. The van der Waals surface area contributed by atoms with Gasteiger partial charge >= 0.3 is 5.97 Å². The second-order valence-corrected chi connectivity index (χ2v) is 7.18. The molecule has 0 atom stereocenters. The van der Waals surface area contributed by atoms with Gasteiger partial charge in [-0.2, -0.15) is 0 Å². The first-order valence-corrected chi connectivity index (χ1v) is 10.2. The number of rotatable bonds is 7. The summed E-state index contributed by atoms with van der Waals surface area (Å²) in [5.41, 5.74) is 3.35. The van der Waals surface area contributed by atoms with Gasteiger partial charge in [-0.1, -0.05) is 53.7 Å². The standard InChI is InChI=1S/C24H18N4O5/c1-15-21(22(28-33-15)16-8-4-2-5-9-16)24-27-26-19(32-24)14-30-20(29)12-18-13-31-23(25-18)17-10-6-3-7-11-17/h2-11,13H,12,14H2,1H3. The lowest BCUT2D eigenvalue weighted by Crippen LogP contribution is -2.08. The molecule has 2 aromatic carbocycles. The van der Waals surface area contributed by atoms with E-state index in [0.717, 1.165) is 11.1 Å². The zero-order valence-electron chi connectivity index (χ0n) is 17.6. The van der Waals surface area contributed by atoms with Gasteiger partial charge in [0.05, 0.1) is 12.1 Å². The molecule has 0 saturated carbocycles. The van der Waals surface area contributed by atoms with Crippen LogP contribution in [0.25, 0.3) is 34.2 Å². The van der Waals surface area contributed by atoms with Gasteiger partial charge in [-0.3, -0.25) is 4.79 Å². The minimum atomic E-state index is -0.492. The third-order valence-electron chi connectivity index (χ3n) is 4.85. The lowest BCUT2D eigenvalue weighted by molar-refractivity contribution is -0.144. The van der Waals surface area contributed by atoms with Crippen LogP contribution in [0.4, 0.5) is 0 Å². The van der Waals surface area contributed by atoms with Gasteiger partial charge in [0.15, 0.2) is 6.61 Å². The number of hydrogen-bond acceptors (Lipinski definition) is 9. The molecule has 0 spiro atoms. The molecule has 0 saturated heterocycles. The molecular formula is C24H18N4O5. The number of carbonyl (C=O) groups excluding carboxylic acids is 1. The lowest BCUT2D eigenvalue weighted by Gasteiger charge is -2.00. The van der Waals surface area contributed by atoms with E-state index in [1.54, 1.807) is 6.92 Å². The van der Waals surface area contributed by atoms with Crippen molar-refractivity contribution in [1.29, 1.82) is 0 Å². The quantitative estimate of drug-likeness (QED) is 0.332. The van der Waals surface area contributed by atoms with E-state index < -0.39 is 5.97 Å². The Bertz CT molecular complexity index is 1370. The summed E-state index contributed by atoms with van der Waals surface area (Å²) in [4.78, 5) is 16.6. The van der Waals surface area contributed by atoms with E-state index in [0.29, 0.717) is 28.6 Å². The molecule has 33 heavy (non-hydrogen) atoms. The lowest BCUT2D eigenvalue weighted by atomic mass is 10.1. The maximum Gasteiger partial charge on any atom is 0.312 e. The van der Waals surface area contributed by atoms with Crippen LogP contribution < -0.4 is 0 Å². The number of hydrogen-bond donors (Lipinski definition) is 0. The average Bonchev–Trinajstić information content (AvgIpc) is 3.59. The highest BCUT2D eigenvalue weighted by Crippen LogP contribution is 2.33. The molecule has 0 aliphatic rings. The first-order valence-electron chi connectivity index (χ1n) is 10.2. The third kappa shape index (κ3) is 4.42. The van der Waals surface area contributed by atoms with Crippen LogP contribution in [-0.2, 0) is 22.6 Å². The van der Waals surface area contributed by atoms with Crippen molar-refractivity contribution >= 4 is 5.97 Å². The molecule has 0 fully saturated rings. The molecule has 9 heteroatoms. The molecule has 164 valence electrons. The Kier molecular flexibility index (Phi) is 5.50. The fourth-order valence-electron chi connectivity index (χ4n) is 3.27. The Morgan fingerprint density at radius 1 is 0.939 bits per heavy atom. The van der Waals surface area contributed by atoms with Crippen LogP contribution in [0.1, 0.15) is 17.3 Å². The van der Waals surface area contributed by atoms with Crippen molar-refractivity contribution < 1.29 is 22.9 Å². The van der Waals surface area contributed by atoms with Crippen molar-refractivity contribution in [3.63, 3.8) is 0 Å². The van der Waals surface area contributed by atoms with Crippen molar-refractivity contribution in [2.45, 2.75) is 20.0 Å². The average molecular weight is 442 g/mol. The molecular weight excluding hydrogens is 424 g/mol. The third-order valence-corrected chi connectivity index (χ3v) is 4.85. The van der Waals surface area contributed by atoms with Gasteiger partial charge in [0, 0.05) is 11.1 Å². The van der Waals surface area contributed by atoms with Crippen molar-refractivity contribution in [2.75, 3.05) is 0 Å². The van der Waals surface area contributed by atoms with E-state index in [9.17, 15) is 4.79 Å². The second kappa shape index (κ2) is 8.91. The summed E-state index contributed by atoms with van der Waals surface area (Å²) in [5.74, 6) is 0.888. The Morgan fingerprint density at radius 3 is 2.42 bits per heavy atom. The largest absolute Gasteiger partial charge is 0.455 e. The van der Waals surface area contributed by atoms with Crippen molar-refractivity contribution in [3.8, 4) is 34.2 Å². The van der Waals surface area contributed by atoms with Crippen LogP contribution in [0.15, 0.2) is 80.3 Å². The zero-order valence-corrected chi connectivity index (χ0v) is 17.6. The normalized spacial score (nSPS) is 10.9. The van der Waals surface area contributed by atoms with E-state index in [4.69, 9.17) is 18.1 Å². The van der Waals surface area contributed by atoms with Crippen LogP contribution in [0.2, 0.25) is 0 Å². The van der Waals surface area contributed by atoms with E-state index in [1.807, 2.05) is 60.7 Å². The predicted octanol–water partition coefficient (Wildman–Crippen LogP) is 4.64. The van der Waals surface area contributed by atoms with E-state index in [2.05, 4.69) is 20.3 Å². The maximum absolute atomic E-state index is 12.2. The summed E-state index contributed by atoms with van der Waals surface area (Å²) < 4.78 is 21.7. The molecule has 0 radical (unpaired) electrons. The summed E-state index contributed by atoms with van der Waals surface area (Å²) in [7, 11) is 0. The number of esters is 1. The molecule has 3 heterocycles. The minimum Gasteiger partial charge on any atom is -0.455 e. The molecule has 3 aromatic heterocycles. The van der Waals surface area contributed by atoms with Crippen LogP contribution in [0.3, 0.4) is 0 Å². The van der Waals surface area contributed by atoms with Gasteiger partial charge in [0.25, 0.3) is 11.8 Å². The first-order chi connectivity index (χ1) is 16.2. The molecule has 5 rings (SSSR count). The van der Waals surface area contributed by atoms with Crippen LogP contribution >= 0.6 is 0 Å². The topological polar surface area (TPSA) is 117 Å². The summed E-state index contributed by atoms with van der Waals surface area (Å²) in [6.45, 7) is 1.60. The minimum absolute atomic E-state index is 0.0414. The predicted molar refractivity (Wildman–Crippen MR) is 115 cm³/mol. The number of carbonyl (C=O) groups is 1. The second-order valence-electron chi connectivity index (χ2n) is 7.18. The molecule has 9 nitrogen and oxygen atoms in total. The summed E-state index contributed by atoms with van der Waals surface area (Å²) in [6.07, 6.45) is 1.40. The first kappa shape index (κ1) is 20.4. The van der Waals surface area contributed by atoms with E-state index in [1.165, 1.54) is 6.26 Å². The summed E-state index contributed by atoms with van der Waals surface area (Å²) >= 11 is 0. The molecule has 0 unspecified atom stereocenters. The van der Waals surface area contributed by atoms with Gasteiger partial charge < -0.3 is 18.1 Å². The smallest absolute Gasteiger partial charge is 0.312 e. The molecule has 0 aliphatic carbocycles. The Balaban J connectivity index is 1.23. The number of aromatic nitrogens is 4. The monoisotopic (exact) mass is 442 g/mol. The fourth-order valence-corrected chi connectivity index (χ4v) is 3.27. The zero-order chi connectivity index (χ0) is 22.6. The van der Waals surface area contributed by atoms with Gasteiger partial charge in [-0.05, 0) is 19.1 Å². The maximum atomic E-state index is 12.2. The number of nitrogens with zero attached hydrogens (tertiary/aromatic N) is 4. The number of oxazole rings is 1. The molecule has 5 aromatic rings. The van der Waals surface area contributed by atoms with E-state index >= 15 is 0 Å². The van der Waals surface area contributed by atoms with Gasteiger partial charge in [-0.15, -0.1) is 10.2 Å². The van der Waals surface area contributed by atoms with Crippen molar-refractivity contribution in [2.24, 2.45) is 0 Å². The van der Waals surface area contributed by atoms with Gasteiger partial charge in [-0.25, -0.2) is 4.98 Å². The SMILES string of the molecule is Cc1onc(-c2ccccc2)c1-c1nnc(COC(=O)Cc2coc(-c3ccccc3)n2)o1. The molecule has 0 bridgehead atoms. The molecule has 0 amide bonds. The molecule has 0 aliphatic heterocycles. The van der Waals surface area contributed by atoms with Crippen molar-refractivity contribution in [1.82, 2.24) is 20.3 Å². The number of aryl methyl sites for hydroxylation is 1. The van der Waals surface area contributed by atoms with Gasteiger partial charge in [0.2, 0.25) is 5.89 Å². The van der Waals surface area contributed by atoms with Crippen molar-refractivity contribution in [3.05, 3.63) is 84.3 Å². The summed E-state index contributed by atoms with van der Waals surface area (Å²) in [6, 6.07) is 19.0. The van der Waals surface area contributed by atoms with Crippen LogP contribution in [0, 0.1) is 6.92 Å². The van der Waals surface area contributed by atoms with Crippen LogP contribution in [0.5, 0.6) is 0 Å². The van der Waals surface area contributed by atoms with Gasteiger partial charge in [0.1, 0.15) is 23.3 Å². The number of benzene rings is 2. The summed E-state index contributed by atoms with van der Waals surface area (Å²) in [5, 5.41) is 12.2. The van der Waals surface area contributed by atoms with Crippen LogP contribution in [-0.4, -0.2) is 26.3 Å². The Morgan fingerprint density at radius 2 is 1.67 bits per heavy atom. The number of ether oxygens (including phenoxy) is 1. The fraction of sp³-hybridized carbons (Fsp3) is 0.125. The highest BCUT2D eigenvalue weighted by Gasteiger charge is 2.22. The Hall–Kier alpha value is -4.53. The van der Waals surface area contributed by atoms with E-state index in [-0.39, 0.29) is 24.8 Å². The highest BCUT2D eigenvalue weighted by molar-refractivity contribution is 5.77. The highest BCUT2D eigenvalue weighted by atomic mass is 16.5.